The van der Waals surface area contributed by atoms with E-state index in [1.807, 2.05) is 13.8 Å². The minimum Gasteiger partial charge on any atom is -0.300 e. The van der Waals surface area contributed by atoms with Gasteiger partial charge in [0.2, 0.25) is 11.8 Å². The highest BCUT2D eigenvalue weighted by atomic mass is 32.2. The molecular weight excluding hydrogens is 262 g/mol. The molecule has 1 unspecified atom stereocenters. The molecule has 108 valence electrons. The molecule has 1 fully saturated rings. The van der Waals surface area contributed by atoms with Gasteiger partial charge in [0.25, 0.3) is 0 Å². The summed E-state index contributed by atoms with van der Waals surface area (Å²) in [5.41, 5.74) is 0. The van der Waals surface area contributed by atoms with Crippen LogP contribution in [0, 0.1) is 0 Å². The molecule has 1 heterocycles. The van der Waals surface area contributed by atoms with Gasteiger partial charge in [0.1, 0.15) is 5.78 Å². The van der Waals surface area contributed by atoms with Crippen LogP contribution in [0.1, 0.15) is 52.9 Å². The lowest BCUT2D eigenvalue weighted by molar-refractivity contribution is -0.138. The summed E-state index contributed by atoms with van der Waals surface area (Å²) >= 11 is 1.57. The molecule has 0 aliphatic carbocycles. The third kappa shape index (κ3) is 5.35. The number of rotatable bonds is 8. The van der Waals surface area contributed by atoms with Crippen LogP contribution in [0.3, 0.4) is 0 Å². The number of ketones is 1. The topological polar surface area (TPSA) is 54.5 Å². The highest BCUT2D eigenvalue weighted by molar-refractivity contribution is 8.01. The summed E-state index contributed by atoms with van der Waals surface area (Å²) < 4.78 is 0. The van der Waals surface area contributed by atoms with Gasteiger partial charge < -0.3 is 4.79 Å². The normalized spacial score (nSPS) is 19.6. The van der Waals surface area contributed by atoms with E-state index < -0.39 is 0 Å². The Morgan fingerprint density at radius 3 is 2.58 bits per heavy atom. The van der Waals surface area contributed by atoms with E-state index in [0.29, 0.717) is 24.6 Å². The first-order valence-electron chi connectivity index (χ1n) is 6.91. The van der Waals surface area contributed by atoms with Crippen molar-refractivity contribution in [2.24, 2.45) is 0 Å². The number of Topliss-reactive ketones (excluding diaryl/α,β-unsaturated/α-hetero) is 1. The smallest absolute Gasteiger partial charge is 0.242 e. The first-order valence-corrected chi connectivity index (χ1v) is 7.85. The van der Waals surface area contributed by atoms with E-state index in [-0.39, 0.29) is 22.8 Å². The van der Waals surface area contributed by atoms with Gasteiger partial charge in [-0.15, -0.1) is 11.8 Å². The van der Waals surface area contributed by atoms with E-state index in [1.165, 1.54) is 4.90 Å². The first-order chi connectivity index (χ1) is 8.91. The van der Waals surface area contributed by atoms with Gasteiger partial charge in [-0.3, -0.25) is 14.5 Å². The van der Waals surface area contributed by atoms with E-state index in [2.05, 4.69) is 0 Å². The van der Waals surface area contributed by atoms with Gasteiger partial charge >= 0.3 is 0 Å². The second kappa shape index (κ2) is 7.68. The quantitative estimate of drug-likeness (QED) is 0.507. The Morgan fingerprint density at radius 2 is 2.00 bits per heavy atom. The van der Waals surface area contributed by atoms with Crippen LogP contribution in [0.4, 0.5) is 0 Å². The Kier molecular flexibility index (Phi) is 6.55. The van der Waals surface area contributed by atoms with Crippen LogP contribution >= 0.6 is 11.8 Å². The molecule has 4 nitrogen and oxygen atoms in total. The van der Waals surface area contributed by atoms with Crippen molar-refractivity contribution in [3.05, 3.63) is 0 Å². The Labute approximate surface area is 119 Å². The van der Waals surface area contributed by atoms with Gasteiger partial charge in [-0.1, -0.05) is 20.3 Å². The molecule has 0 spiro atoms. The lowest BCUT2D eigenvalue weighted by atomic mass is 10.1. The molecule has 1 atom stereocenters. The van der Waals surface area contributed by atoms with E-state index >= 15 is 0 Å². The molecule has 0 saturated carbocycles. The summed E-state index contributed by atoms with van der Waals surface area (Å²) in [6, 6.07) is 0. The SMILES string of the molecule is CC(=O)CCCCCN1C(=O)CC(SC(C)C)C1=O. The monoisotopic (exact) mass is 285 g/mol. The summed E-state index contributed by atoms with van der Waals surface area (Å²) in [6.07, 6.45) is 3.46. The summed E-state index contributed by atoms with van der Waals surface area (Å²) in [6.45, 7) is 6.16. The number of imide groups is 1. The van der Waals surface area contributed by atoms with Crippen molar-refractivity contribution in [1.82, 2.24) is 4.90 Å². The maximum atomic E-state index is 12.1. The average molecular weight is 285 g/mol. The van der Waals surface area contributed by atoms with Crippen molar-refractivity contribution in [2.75, 3.05) is 6.54 Å². The van der Waals surface area contributed by atoms with Gasteiger partial charge in [-0.2, -0.15) is 0 Å². The van der Waals surface area contributed by atoms with Gasteiger partial charge in [0.15, 0.2) is 0 Å². The standard InChI is InChI=1S/C14H23NO3S/c1-10(2)19-12-9-13(17)15(14(12)18)8-6-4-5-7-11(3)16/h10,12H,4-9H2,1-3H3. The summed E-state index contributed by atoms with van der Waals surface area (Å²) in [7, 11) is 0. The number of hydrogen-bond acceptors (Lipinski definition) is 4. The number of nitrogens with zero attached hydrogens (tertiary/aromatic N) is 1. The van der Waals surface area contributed by atoms with E-state index in [4.69, 9.17) is 0 Å². The lowest BCUT2D eigenvalue weighted by Gasteiger charge is -2.15. The zero-order chi connectivity index (χ0) is 14.4. The maximum absolute atomic E-state index is 12.1. The fourth-order valence-corrected chi connectivity index (χ4v) is 3.28. The zero-order valence-corrected chi connectivity index (χ0v) is 12.8. The Hall–Kier alpha value is -0.840. The molecule has 1 rings (SSSR count). The number of carbonyl (C=O) groups excluding carboxylic acids is 3. The van der Waals surface area contributed by atoms with Crippen LogP contribution in [0.2, 0.25) is 0 Å². The number of amides is 2. The predicted molar refractivity (Wildman–Crippen MR) is 77.0 cm³/mol. The second-order valence-electron chi connectivity index (χ2n) is 5.27. The highest BCUT2D eigenvalue weighted by Gasteiger charge is 2.38. The van der Waals surface area contributed by atoms with Crippen molar-refractivity contribution in [3.63, 3.8) is 0 Å². The molecule has 1 aliphatic heterocycles. The maximum Gasteiger partial charge on any atom is 0.242 e. The zero-order valence-electron chi connectivity index (χ0n) is 12.0. The van der Waals surface area contributed by atoms with E-state index in [9.17, 15) is 14.4 Å². The molecule has 19 heavy (non-hydrogen) atoms. The van der Waals surface area contributed by atoms with E-state index in [0.717, 1.165) is 19.3 Å². The van der Waals surface area contributed by atoms with Crippen molar-refractivity contribution in [1.29, 1.82) is 0 Å². The number of hydrogen-bond donors (Lipinski definition) is 0. The molecular formula is C14H23NO3S. The number of carbonyl (C=O) groups is 3. The Balaban J connectivity index is 2.31. The van der Waals surface area contributed by atoms with Crippen molar-refractivity contribution >= 4 is 29.4 Å². The van der Waals surface area contributed by atoms with Gasteiger partial charge in [-0.05, 0) is 25.0 Å². The molecule has 0 N–H and O–H groups in total. The Morgan fingerprint density at radius 1 is 1.32 bits per heavy atom. The summed E-state index contributed by atoms with van der Waals surface area (Å²) in [4.78, 5) is 36.0. The van der Waals surface area contributed by atoms with Crippen LogP contribution in [0.15, 0.2) is 0 Å². The third-order valence-electron chi connectivity index (χ3n) is 3.05. The van der Waals surface area contributed by atoms with Crippen LogP contribution in [-0.2, 0) is 14.4 Å². The van der Waals surface area contributed by atoms with Gasteiger partial charge in [0.05, 0.1) is 5.25 Å². The van der Waals surface area contributed by atoms with Crippen molar-refractivity contribution in [3.8, 4) is 0 Å². The first kappa shape index (κ1) is 16.2. The second-order valence-corrected chi connectivity index (χ2v) is 7.06. The van der Waals surface area contributed by atoms with Crippen molar-refractivity contribution < 1.29 is 14.4 Å². The van der Waals surface area contributed by atoms with Gasteiger partial charge in [0, 0.05) is 19.4 Å². The molecule has 0 bridgehead atoms. The minimum absolute atomic E-state index is 0.0322. The molecule has 0 aromatic rings. The van der Waals surface area contributed by atoms with Crippen LogP contribution in [0.25, 0.3) is 0 Å². The molecule has 0 aromatic heterocycles. The van der Waals surface area contributed by atoms with Crippen molar-refractivity contribution in [2.45, 2.75) is 63.4 Å². The highest BCUT2D eigenvalue weighted by Crippen LogP contribution is 2.28. The number of thioether (sulfide) groups is 1. The number of likely N-dealkylation sites (tertiary alicyclic amines) is 1. The minimum atomic E-state index is -0.190. The molecule has 1 saturated heterocycles. The molecule has 2 amide bonds. The van der Waals surface area contributed by atoms with Crippen LogP contribution < -0.4 is 0 Å². The third-order valence-corrected chi connectivity index (χ3v) is 4.29. The summed E-state index contributed by atoms with van der Waals surface area (Å²) in [5.74, 6) is 0.117. The van der Waals surface area contributed by atoms with Crippen LogP contribution in [-0.4, -0.2) is 39.5 Å². The molecule has 0 aromatic carbocycles. The predicted octanol–water partition coefficient (Wildman–Crippen LogP) is 2.40. The average Bonchev–Trinajstić information content (AvgIpc) is 2.54. The fourth-order valence-electron chi connectivity index (χ4n) is 2.14. The van der Waals surface area contributed by atoms with Crippen LogP contribution in [0.5, 0.6) is 0 Å². The molecule has 1 aliphatic rings. The molecule has 0 radical (unpaired) electrons. The summed E-state index contributed by atoms with van der Waals surface area (Å²) in [5, 5.41) is 0.169. The molecule has 5 heteroatoms. The van der Waals surface area contributed by atoms with Gasteiger partial charge in [-0.25, -0.2) is 0 Å². The number of unbranched alkanes of at least 4 members (excludes halogenated alkanes) is 2. The lowest BCUT2D eigenvalue weighted by Crippen LogP contribution is -2.32. The largest absolute Gasteiger partial charge is 0.300 e. The van der Waals surface area contributed by atoms with E-state index in [1.54, 1.807) is 18.7 Å². The Bertz CT molecular complexity index is 355. The fraction of sp³-hybridized carbons (Fsp3) is 0.786.